The molecule has 0 saturated heterocycles. The number of allylic oxidation sites excluding steroid dienone is 1. The van der Waals surface area contributed by atoms with Gasteiger partial charge >= 0.3 is 0 Å². The summed E-state index contributed by atoms with van der Waals surface area (Å²) >= 11 is 0. The Morgan fingerprint density at radius 2 is 1.54 bits per heavy atom. The number of benzene rings is 2. The van der Waals surface area contributed by atoms with Crippen molar-refractivity contribution in [3.8, 4) is 0 Å². The van der Waals surface area contributed by atoms with Crippen molar-refractivity contribution in [2.24, 2.45) is 5.92 Å². The Kier molecular flexibility index (Phi) is 7.23. The van der Waals surface area contributed by atoms with Gasteiger partial charge in [-0.25, -0.2) is 0 Å². The van der Waals surface area contributed by atoms with E-state index in [0.717, 1.165) is 13.1 Å². The van der Waals surface area contributed by atoms with Crippen LogP contribution in [0, 0.1) is 5.92 Å². The van der Waals surface area contributed by atoms with E-state index in [1.54, 1.807) is 0 Å². The highest BCUT2D eigenvalue weighted by molar-refractivity contribution is 5.37. The number of nitrogens with one attached hydrogen (secondary N) is 1. The summed E-state index contributed by atoms with van der Waals surface area (Å²) in [7, 11) is 0. The summed E-state index contributed by atoms with van der Waals surface area (Å²) in [5.41, 5.74) is 1.97. The second-order valence-corrected chi connectivity index (χ2v) is 6.03. The van der Waals surface area contributed by atoms with Crippen molar-refractivity contribution in [2.45, 2.75) is 26.4 Å². The lowest BCUT2D eigenvalue weighted by Gasteiger charge is -2.40. The number of hydrogen-bond donors (Lipinski definition) is 1. The molecule has 0 saturated carbocycles. The molecule has 0 bridgehead atoms. The van der Waals surface area contributed by atoms with Gasteiger partial charge in [0.05, 0.1) is 0 Å². The molecule has 0 fully saturated rings. The van der Waals surface area contributed by atoms with Crippen LogP contribution < -0.4 is 5.32 Å². The topological polar surface area (TPSA) is 21.3 Å². The van der Waals surface area contributed by atoms with Crippen molar-refractivity contribution in [1.82, 2.24) is 5.32 Å². The van der Waals surface area contributed by atoms with Gasteiger partial charge in [-0.2, -0.15) is 0 Å². The molecule has 24 heavy (non-hydrogen) atoms. The van der Waals surface area contributed by atoms with Crippen LogP contribution in [0.5, 0.6) is 0 Å². The fourth-order valence-corrected chi connectivity index (χ4v) is 3.29. The van der Waals surface area contributed by atoms with Crippen LogP contribution >= 0.6 is 0 Å². The van der Waals surface area contributed by atoms with Crippen LogP contribution in [0.25, 0.3) is 0 Å². The van der Waals surface area contributed by atoms with E-state index < -0.39 is 5.60 Å². The van der Waals surface area contributed by atoms with Gasteiger partial charge in [0.2, 0.25) is 0 Å². The van der Waals surface area contributed by atoms with Gasteiger partial charge in [0, 0.05) is 25.6 Å². The quantitative estimate of drug-likeness (QED) is 0.530. The molecule has 0 aliphatic heterocycles. The van der Waals surface area contributed by atoms with E-state index in [2.05, 4.69) is 92.0 Å². The Hall–Kier alpha value is -1.90. The highest BCUT2D eigenvalue weighted by Crippen LogP contribution is 2.40. The van der Waals surface area contributed by atoms with Crippen molar-refractivity contribution >= 4 is 0 Å². The molecule has 0 spiro atoms. The average Bonchev–Trinajstić information content (AvgIpc) is 2.64. The molecular formula is C22H29NO. The van der Waals surface area contributed by atoms with Gasteiger partial charge in [-0.15, -0.1) is 0 Å². The summed E-state index contributed by atoms with van der Waals surface area (Å²) in [5, 5.41) is 3.52. The molecule has 0 heterocycles. The van der Waals surface area contributed by atoms with Crippen molar-refractivity contribution < 1.29 is 4.74 Å². The van der Waals surface area contributed by atoms with E-state index >= 15 is 0 Å². The van der Waals surface area contributed by atoms with Crippen LogP contribution in [0.2, 0.25) is 0 Å². The lowest BCUT2D eigenvalue weighted by molar-refractivity contribution is -0.0505. The molecule has 1 N–H and O–H groups in total. The Morgan fingerprint density at radius 3 is 2.00 bits per heavy atom. The maximum absolute atomic E-state index is 6.46. The van der Waals surface area contributed by atoms with Gasteiger partial charge in [-0.1, -0.05) is 79.7 Å². The van der Waals surface area contributed by atoms with Gasteiger partial charge in [0.1, 0.15) is 5.60 Å². The molecule has 1 unspecified atom stereocenters. The summed E-state index contributed by atoms with van der Waals surface area (Å²) in [6.07, 6.45) is 4.21. The highest BCUT2D eigenvalue weighted by Gasteiger charge is 2.40. The lowest BCUT2D eigenvalue weighted by Crippen LogP contribution is -2.43. The molecule has 2 rings (SSSR count). The number of hydrogen-bond acceptors (Lipinski definition) is 2. The fourth-order valence-electron chi connectivity index (χ4n) is 3.29. The third-order valence-electron chi connectivity index (χ3n) is 4.42. The zero-order valence-corrected chi connectivity index (χ0v) is 15.0. The van der Waals surface area contributed by atoms with Crippen molar-refractivity contribution in [3.63, 3.8) is 0 Å². The summed E-state index contributed by atoms with van der Waals surface area (Å²) < 4.78 is 6.46. The first-order valence-electron chi connectivity index (χ1n) is 8.82. The second-order valence-electron chi connectivity index (χ2n) is 6.03. The van der Waals surface area contributed by atoms with E-state index in [1.807, 2.05) is 6.92 Å². The van der Waals surface area contributed by atoms with Crippen LogP contribution in [0.4, 0.5) is 0 Å². The number of rotatable bonds is 9. The average molecular weight is 323 g/mol. The van der Waals surface area contributed by atoms with Crippen LogP contribution in [0.15, 0.2) is 72.8 Å². The molecular weight excluding hydrogens is 294 g/mol. The molecule has 2 nitrogen and oxygen atoms in total. The Balaban J connectivity index is 2.42. The number of ether oxygens (including phenoxy) is 1. The van der Waals surface area contributed by atoms with Gasteiger partial charge in [0.25, 0.3) is 0 Å². The smallest absolute Gasteiger partial charge is 0.122 e. The Labute approximate surface area is 146 Å². The Bertz CT molecular complexity index is 567. The summed E-state index contributed by atoms with van der Waals surface area (Å²) in [6.45, 7) is 8.81. The first-order valence-corrected chi connectivity index (χ1v) is 8.82. The van der Waals surface area contributed by atoms with Crippen LogP contribution in [-0.2, 0) is 10.3 Å². The minimum atomic E-state index is -0.444. The van der Waals surface area contributed by atoms with E-state index in [-0.39, 0.29) is 5.92 Å². The third-order valence-corrected chi connectivity index (χ3v) is 4.42. The maximum Gasteiger partial charge on any atom is 0.122 e. The molecule has 2 aromatic rings. The largest absolute Gasteiger partial charge is 0.365 e. The molecule has 128 valence electrons. The monoisotopic (exact) mass is 323 g/mol. The molecule has 0 amide bonds. The molecule has 0 aromatic heterocycles. The highest BCUT2D eigenvalue weighted by atomic mass is 16.5. The van der Waals surface area contributed by atoms with Crippen molar-refractivity contribution in [1.29, 1.82) is 0 Å². The van der Waals surface area contributed by atoms with Gasteiger partial charge in [0.15, 0.2) is 0 Å². The molecule has 0 radical (unpaired) electrons. The van der Waals surface area contributed by atoms with Crippen LogP contribution in [0.3, 0.4) is 0 Å². The molecule has 0 aliphatic rings. The first kappa shape index (κ1) is 18.4. The second kappa shape index (κ2) is 9.41. The fraction of sp³-hybridized carbons (Fsp3) is 0.364. The molecule has 0 aliphatic carbocycles. The van der Waals surface area contributed by atoms with E-state index in [9.17, 15) is 0 Å². The Morgan fingerprint density at radius 1 is 1.00 bits per heavy atom. The zero-order valence-electron chi connectivity index (χ0n) is 15.0. The van der Waals surface area contributed by atoms with Crippen molar-refractivity contribution in [3.05, 3.63) is 83.9 Å². The van der Waals surface area contributed by atoms with Gasteiger partial charge in [-0.05, 0) is 25.0 Å². The van der Waals surface area contributed by atoms with E-state index in [1.165, 1.54) is 11.1 Å². The van der Waals surface area contributed by atoms with Crippen LogP contribution in [0.1, 0.15) is 31.9 Å². The first-order chi connectivity index (χ1) is 11.8. The predicted molar refractivity (Wildman–Crippen MR) is 102 cm³/mol. The van der Waals surface area contributed by atoms with Gasteiger partial charge < -0.3 is 10.1 Å². The molecule has 1 atom stereocenters. The standard InChI is InChI=1S/C22H29NO/c1-4-6-17-23-18-19(3)22(24-5-2,20-13-9-7-10-14-20)21-15-11-8-12-16-21/h4,6-16,19,23H,5,17-18H2,1-3H3. The zero-order chi connectivity index (χ0) is 17.3. The van der Waals surface area contributed by atoms with E-state index in [0.29, 0.717) is 6.61 Å². The third kappa shape index (κ3) is 4.14. The van der Waals surface area contributed by atoms with E-state index in [4.69, 9.17) is 4.74 Å². The van der Waals surface area contributed by atoms with Crippen molar-refractivity contribution in [2.75, 3.05) is 19.7 Å². The minimum Gasteiger partial charge on any atom is -0.365 e. The van der Waals surface area contributed by atoms with Crippen LogP contribution in [-0.4, -0.2) is 19.7 Å². The lowest BCUT2D eigenvalue weighted by atomic mass is 9.76. The minimum absolute atomic E-state index is 0.285. The summed E-state index contributed by atoms with van der Waals surface area (Å²) in [4.78, 5) is 0. The maximum atomic E-state index is 6.46. The van der Waals surface area contributed by atoms with Gasteiger partial charge in [-0.3, -0.25) is 0 Å². The predicted octanol–water partition coefficient (Wildman–Crippen LogP) is 4.77. The summed E-state index contributed by atoms with van der Waals surface area (Å²) in [5.74, 6) is 0.285. The summed E-state index contributed by atoms with van der Waals surface area (Å²) in [6, 6.07) is 21.2. The molecule has 2 aromatic carbocycles. The SMILES string of the molecule is CC=CCNCC(C)C(OCC)(c1ccccc1)c1ccccc1. The molecule has 2 heteroatoms. The normalized spacial score (nSPS) is 13.3.